The summed E-state index contributed by atoms with van der Waals surface area (Å²) >= 11 is 7.56. The highest BCUT2D eigenvalue weighted by atomic mass is 35.5. The van der Waals surface area contributed by atoms with Gasteiger partial charge in [0.1, 0.15) is 16.4 Å². The van der Waals surface area contributed by atoms with Gasteiger partial charge in [-0.1, -0.05) is 12.1 Å². The van der Waals surface area contributed by atoms with E-state index in [2.05, 4.69) is 9.97 Å². The molecule has 0 N–H and O–H groups in total. The van der Waals surface area contributed by atoms with Crippen LogP contribution >= 0.6 is 22.9 Å². The highest BCUT2D eigenvalue weighted by Gasteiger charge is 2.15. The van der Waals surface area contributed by atoms with Crippen molar-refractivity contribution in [2.24, 2.45) is 0 Å². The number of ether oxygens (including phenoxy) is 1. The summed E-state index contributed by atoms with van der Waals surface area (Å²) in [5.74, 6) is 1.55. The van der Waals surface area contributed by atoms with E-state index in [-0.39, 0.29) is 5.28 Å². The number of hydrogen-bond acceptors (Lipinski definition) is 5. The van der Waals surface area contributed by atoms with E-state index in [0.29, 0.717) is 0 Å². The van der Waals surface area contributed by atoms with Crippen LogP contribution < -0.4 is 9.64 Å². The van der Waals surface area contributed by atoms with Crippen LogP contribution in [0.1, 0.15) is 0 Å². The molecule has 0 spiro atoms. The normalized spacial score (nSPS) is 10.8. The van der Waals surface area contributed by atoms with E-state index in [1.165, 1.54) is 0 Å². The molecule has 0 amide bonds. The summed E-state index contributed by atoms with van der Waals surface area (Å²) in [5, 5.41) is 3.21. The Morgan fingerprint density at radius 3 is 2.80 bits per heavy atom. The highest BCUT2D eigenvalue weighted by molar-refractivity contribution is 7.16. The molecule has 0 saturated heterocycles. The van der Waals surface area contributed by atoms with Crippen LogP contribution in [0.4, 0.5) is 11.5 Å². The lowest BCUT2D eigenvalue weighted by molar-refractivity contribution is 0.415. The summed E-state index contributed by atoms with van der Waals surface area (Å²) in [4.78, 5) is 11.4. The van der Waals surface area contributed by atoms with Gasteiger partial charge in [0.2, 0.25) is 5.28 Å². The predicted molar refractivity (Wildman–Crippen MR) is 83.5 cm³/mol. The zero-order valence-electron chi connectivity index (χ0n) is 11.0. The second-order valence-corrected chi connectivity index (χ2v) is 5.42. The van der Waals surface area contributed by atoms with Gasteiger partial charge < -0.3 is 9.64 Å². The van der Waals surface area contributed by atoms with Gasteiger partial charge in [-0.05, 0) is 35.2 Å². The first kappa shape index (κ1) is 13.1. The molecule has 0 aliphatic rings. The molecule has 0 atom stereocenters. The van der Waals surface area contributed by atoms with Crippen LogP contribution in [0.3, 0.4) is 0 Å². The highest BCUT2D eigenvalue weighted by Crippen LogP contribution is 2.36. The summed E-state index contributed by atoms with van der Waals surface area (Å²) < 4.78 is 5.40. The van der Waals surface area contributed by atoms with E-state index in [4.69, 9.17) is 16.3 Å². The van der Waals surface area contributed by atoms with Crippen LogP contribution in [-0.2, 0) is 0 Å². The molecule has 0 saturated carbocycles. The van der Waals surface area contributed by atoms with E-state index in [0.717, 1.165) is 27.5 Å². The number of nitrogens with zero attached hydrogens (tertiary/aromatic N) is 3. The molecular formula is C14H12ClN3OS. The zero-order valence-corrected chi connectivity index (χ0v) is 12.6. The van der Waals surface area contributed by atoms with Crippen LogP contribution in [0.5, 0.6) is 5.75 Å². The molecule has 0 aliphatic heterocycles. The summed E-state index contributed by atoms with van der Waals surface area (Å²) in [6.07, 6.45) is 0. The molecule has 4 nitrogen and oxygen atoms in total. The number of hydrogen-bond donors (Lipinski definition) is 0. The summed E-state index contributed by atoms with van der Waals surface area (Å²) in [6, 6.07) is 9.79. The maximum absolute atomic E-state index is 6.01. The Kier molecular flexibility index (Phi) is 3.46. The van der Waals surface area contributed by atoms with Crippen molar-refractivity contribution >= 4 is 44.7 Å². The lowest BCUT2D eigenvalue weighted by Gasteiger charge is -2.21. The molecule has 6 heteroatoms. The average molecular weight is 306 g/mol. The second-order valence-electron chi connectivity index (χ2n) is 4.19. The first-order chi connectivity index (χ1) is 9.70. The van der Waals surface area contributed by atoms with Crippen molar-refractivity contribution in [3.05, 3.63) is 41.0 Å². The van der Waals surface area contributed by atoms with Crippen LogP contribution in [0.25, 0.3) is 10.2 Å². The molecule has 0 aliphatic carbocycles. The molecule has 0 radical (unpaired) electrons. The lowest BCUT2D eigenvalue weighted by Crippen LogP contribution is -2.13. The van der Waals surface area contributed by atoms with Gasteiger partial charge >= 0.3 is 0 Å². The molecule has 1 aromatic carbocycles. The fourth-order valence-corrected chi connectivity index (χ4v) is 3.06. The molecule has 0 bridgehead atoms. The number of halogens is 1. The number of aromatic nitrogens is 2. The number of methoxy groups -OCH3 is 1. The third-order valence-electron chi connectivity index (χ3n) is 3.04. The van der Waals surface area contributed by atoms with Crippen LogP contribution in [0.2, 0.25) is 5.28 Å². The minimum absolute atomic E-state index is 0.247. The Labute approximate surface area is 125 Å². The van der Waals surface area contributed by atoms with Crippen molar-refractivity contribution in [1.29, 1.82) is 0 Å². The van der Waals surface area contributed by atoms with Crippen molar-refractivity contribution in [3.8, 4) is 5.75 Å². The van der Waals surface area contributed by atoms with E-state index in [1.807, 2.05) is 47.7 Å². The van der Waals surface area contributed by atoms with Crippen molar-refractivity contribution in [2.75, 3.05) is 19.1 Å². The summed E-state index contributed by atoms with van der Waals surface area (Å²) in [6.45, 7) is 0. The predicted octanol–water partition coefficient (Wildman–Crippen LogP) is 4.12. The Balaban J connectivity index is 2.17. The molecular weight excluding hydrogens is 294 g/mol. The SMILES string of the molecule is COc1ccccc1N(C)c1nc(Cl)nc2sccc12. The maximum Gasteiger partial charge on any atom is 0.225 e. The number of anilines is 2. The van der Waals surface area contributed by atoms with E-state index in [9.17, 15) is 0 Å². The van der Waals surface area contributed by atoms with Crippen LogP contribution in [-0.4, -0.2) is 24.1 Å². The molecule has 3 aromatic rings. The smallest absolute Gasteiger partial charge is 0.225 e. The van der Waals surface area contributed by atoms with E-state index < -0.39 is 0 Å². The number of thiophene rings is 1. The van der Waals surface area contributed by atoms with E-state index >= 15 is 0 Å². The standard InChI is InChI=1S/C14H12ClN3OS/c1-18(10-5-3-4-6-11(10)19-2)12-9-7-8-20-13(9)17-14(15)16-12/h3-8H,1-2H3. The first-order valence-electron chi connectivity index (χ1n) is 5.98. The number of para-hydroxylation sites is 2. The van der Waals surface area contributed by atoms with E-state index in [1.54, 1.807) is 18.4 Å². The van der Waals surface area contributed by atoms with Gasteiger partial charge in [-0.2, -0.15) is 4.98 Å². The third-order valence-corrected chi connectivity index (χ3v) is 4.02. The molecule has 0 fully saturated rings. The fraction of sp³-hybridized carbons (Fsp3) is 0.143. The van der Waals surface area contributed by atoms with Crippen molar-refractivity contribution < 1.29 is 4.74 Å². The Morgan fingerprint density at radius 1 is 1.20 bits per heavy atom. The van der Waals surface area contributed by atoms with Crippen molar-refractivity contribution in [2.45, 2.75) is 0 Å². The fourth-order valence-electron chi connectivity index (χ4n) is 2.09. The Bertz CT molecular complexity index is 759. The van der Waals surface area contributed by atoms with Crippen molar-refractivity contribution in [3.63, 3.8) is 0 Å². The second kappa shape index (κ2) is 5.26. The van der Waals surface area contributed by atoms with Crippen molar-refractivity contribution in [1.82, 2.24) is 9.97 Å². The van der Waals surface area contributed by atoms with Gasteiger partial charge in [-0.25, -0.2) is 4.98 Å². The maximum atomic E-state index is 6.01. The van der Waals surface area contributed by atoms with Gasteiger partial charge in [-0.15, -0.1) is 11.3 Å². The largest absolute Gasteiger partial charge is 0.495 e. The van der Waals surface area contributed by atoms with Crippen LogP contribution in [0.15, 0.2) is 35.7 Å². The Hall–Kier alpha value is -1.85. The molecule has 2 heterocycles. The quantitative estimate of drug-likeness (QED) is 0.682. The third kappa shape index (κ3) is 2.19. The molecule has 20 heavy (non-hydrogen) atoms. The Morgan fingerprint density at radius 2 is 2.00 bits per heavy atom. The summed E-state index contributed by atoms with van der Waals surface area (Å²) in [7, 11) is 3.59. The zero-order chi connectivity index (χ0) is 14.1. The number of rotatable bonds is 3. The average Bonchev–Trinajstić information content (AvgIpc) is 2.93. The molecule has 3 rings (SSSR count). The lowest BCUT2D eigenvalue weighted by atomic mass is 10.2. The molecule has 2 aromatic heterocycles. The van der Waals surface area contributed by atoms with Gasteiger partial charge in [-0.3, -0.25) is 0 Å². The molecule has 102 valence electrons. The van der Waals surface area contributed by atoms with Gasteiger partial charge in [0.05, 0.1) is 18.2 Å². The minimum atomic E-state index is 0.247. The number of fused-ring (bicyclic) bond motifs is 1. The van der Waals surface area contributed by atoms with Gasteiger partial charge in [0.15, 0.2) is 0 Å². The molecule has 0 unspecified atom stereocenters. The number of benzene rings is 1. The van der Waals surface area contributed by atoms with Gasteiger partial charge in [0, 0.05) is 7.05 Å². The monoisotopic (exact) mass is 305 g/mol. The van der Waals surface area contributed by atoms with Gasteiger partial charge in [0.25, 0.3) is 0 Å². The summed E-state index contributed by atoms with van der Waals surface area (Å²) in [5.41, 5.74) is 0.928. The van der Waals surface area contributed by atoms with Crippen LogP contribution in [0, 0.1) is 0 Å². The topological polar surface area (TPSA) is 38.2 Å². The first-order valence-corrected chi connectivity index (χ1v) is 7.24. The minimum Gasteiger partial charge on any atom is -0.495 e.